The topological polar surface area (TPSA) is 49.9 Å². The second kappa shape index (κ2) is 8.78. The number of hydrogen-bond donors (Lipinski definition) is 0. The molecule has 2 atom stereocenters. The highest BCUT2D eigenvalue weighted by atomic mass is 19.2. The summed E-state index contributed by atoms with van der Waals surface area (Å²) >= 11 is 0. The average molecular weight is 408 g/mol. The Morgan fingerprint density at radius 3 is 2.72 bits per heavy atom. The summed E-state index contributed by atoms with van der Waals surface area (Å²) in [7, 11) is 0. The van der Waals surface area contributed by atoms with Crippen LogP contribution >= 0.6 is 0 Å². The molecule has 0 bridgehead atoms. The van der Waals surface area contributed by atoms with E-state index in [1.807, 2.05) is 0 Å². The largest absolute Gasteiger partial charge is 0.466 e. The first kappa shape index (κ1) is 21.7. The van der Waals surface area contributed by atoms with Crippen LogP contribution in [0.5, 0.6) is 0 Å². The highest BCUT2D eigenvalue weighted by Gasteiger charge is 2.54. The minimum absolute atomic E-state index is 0.0345. The van der Waals surface area contributed by atoms with Crippen molar-refractivity contribution in [3.63, 3.8) is 0 Å². The van der Waals surface area contributed by atoms with Gasteiger partial charge in [-0.1, -0.05) is 12.1 Å². The number of ether oxygens (including phenoxy) is 1. The van der Waals surface area contributed by atoms with Crippen molar-refractivity contribution >= 4 is 11.9 Å². The molecule has 0 spiro atoms. The number of halogens is 2. The Balaban J connectivity index is 1.80. The molecule has 29 heavy (non-hydrogen) atoms. The fourth-order valence-corrected chi connectivity index (χ4v) is 4.66. The van der Waals surface area contributed by atoms with Crippen LogP contribution in [0.4, 0.5) is 8.78 Å². The molecule has 0 radical (unpaired) electrons. The van der Waals surface area contributed by atoms with E-state index in [0.29, 0.717) is 51.7 Å². The van der Waals surface area contributed by atoms with Crippen LogP contribution in [0.2, 0.25) is 0 Å². The van der Waals surface area contributed by atoms with Crippen LogP contribution < -0.4 is 0 Å². The second-order valence-corrected chi connectivity index (χ2v) is 8.43. The number of carbonyl (C=O) groups excluding carboxylic acids is 2. The van der Waals surface area contributed by atoms with Gasteiger partial charge in [0.15, 0.2) is 11.6 Å². The third-order valence-corrected chi connectivity index (χ3v) is 6.35. The van der Waals surface area contributed by atoms with Crippen molar-refractivity contribution in [2.75, 3.05) is 32.8 Å². The van der Waals surface area contributed by atoms with Crippen LogP contribution in [0.1, 0.15) is 39.2 Å². The van der Waals surface area contributed by atoms with Gasteiger partial charge in [0.05, 0.1) is 18.4 Å². The van der Waals surface area contributed by atoms with Crippen molar-refractivity contribution in [1.82, 2.24) is 9.80 Å². The van der Waals surface area contributed by atoms with Crippen molar-refractivity contribution < 1.29 is 23.1 Å². The lowest BCUT2D eigenvalue weighted by Crippen LogP contribution is -2.44. The average Bonchev–Trinajstić information content (AvgIpc) is 2.95. The maximum Gasteiger partial charge on any atom is 0.313 e. The molecule has 2 aliphatic rings. The van der Waals surface area contributed by atoms with Gasteiger partial charge in [-0.2, -0.15) is 0 Å². The third-order valence-electron chi connectivity index (χ3n) is 6.35. The van der Waals surface area contributed by atoms with Gasteiger partial charge < -0.3 is 9.64 Å². The fourth-order valence-electron chi connectivity index (χ4n) is 4.66. The van der Waals surface area contributed by atoms with Gasteiger partial charge in [-0.05, 0) is 39.7 Å². The van der Waals surface area contributed by atoms with E-state index < -0.39 is 17.0 Å². The second-order valence-electron chi connectivity index (χ2n) is 8.43. The zero-order chi connectivity index (χ0) is 21.2. The maximum absolute atomic E-state index is 14.0. The summed E-state index contributed by atoms with van der Waals surface area (Å²) in [6.07, 6.45) is 1.16. The summed E-state index contributed by atoms with van der Waals surface area (Å²) in [5, 5.41) is 0. The van der Waals surface area contributed by atoms with E-state index in [1.165, 1.54) is 12.1 Å². The van der Waals surface area contributed by atoms with E-state index in [4.69, 9.17) is 4.74 Å². The van der Waals surface area contributed by atoms with E-state index in [-0.39, 0.29) is 29.8 Å². The predicted octanol–water partition coefficient (Wildman–Crippen LogP) is 3.02. The molecule has 1 aromatic rings. The number of rotatable bonds is 5. The van der Waals surface area contributed by atoms with Gasteiger partial charge in [0, 0.05) is 43.7 Å². The van der Waals surface area contributed by atoms with E-state index in [2.05, 4.69) is 18.7 Å². The lowest BCUT2D eigenvalue weighted by atomic mass is 9.75. The highest BCUT2D eigenvalue weighted by molar-refractivity contribution is 5.80. The van der Waals surface area contributed by atoms with E-state index in [9.17, 15) is 18.4 Å². The summed E-state index contributed by atoms with van der Waals surface area (Å²) in [4.78, 5) is 29.8. The van der Waals surface area contributed by atoms with Crippen LogP contribution in [0.3, 0.4) is 0 Å². The first-order valence-electron chi connectivity index (χ1n) is 10.4. The monoisotopic (exact) mass is 408 g/mol. The molecule has 1 aromatic carbocycles. The molecule has 0 saturated carbocycles. The quantitative estimate of drug-likeness (QED) is 0.703. The normalized spacial score (nSPS) is 25.0. The summed E-state index contributed by atoms with van der Waals surface area (Å²) < 4.78 is 32.9. The molecule has 2 heterocycles. The summed E-state index contributed by atoms with van der Waals surface area (Å²) in [6.45, 7) is 8.62. The van der Waals surface area contributed by atoms with Gasteiger partial charge in [0.25, 0.3) is 0 Å². The van der Waals surface area contributed by atoms with Gasteiger partial charge in [-0.25, -0.2) is 8.78 Å². The van der Waals surface area contributed by atoms with Crippen molar-refractivity contribution in [2.45, 2.75) is 46.1 Å². The molecule has 0 unspecified atom stereocenters. The number of benzene rings is 1. The van der Waals surface area contributed by atoms with E-state index in [0.717, 1.165) is 6.07 Å². The molecule has 0 N–H and O–H groups in total. The number of nitrogens with zero attached hydrogens (tertiary/aromatic N) is 2. The van der Waals surface area contributed by atoms with Crippen molar-refractivity contribution in [1.29, 1.82) is 0 Å². The molecule has 2 aliphatic heterocycles. The predicted molar refractivity (Wildman–Crippen MR) is 105 cm³/mol. The minimum Gasteiger partial charge on any atom is -0.466 e. The molecule has 3 rings (SSSR count). The van der Waals surface area contributed by atoms with Gasteiger partial charge in [-0.15, -0.1) is 0 Å². The number of carbonyl (C=O) groups is 2. The lowest BCUT2D eigenvalue weighted by Gasteiger charge is -2.31. The number of fused-ring (bicyclic) bond motifs is 1. The van der Waals surface area contributed by atoms with Gasteiger partial charge >= 0.3 is 5.97 Å². The Hall–Kier alpha value is -2.02. The number of likely N-dealkylation sites (tertiary alicyclic amines) is 2. The maximum atomic E-state index is 14.0. The molecule has 7 heteroatoms. The van der Waals surface area contributed by atoms with Gasteiger partial charge in [-0.3, -0.25) is 14.5 Å². The Kier molecular flexibility index (Phi) is 6.56. The van der Waals surface area contributed by atoms with E-state index in [1.54, 1.807) is 11.8 Å². The molecule has 0 aromatic heterocycles. The molecular weight excluding hydrogens is 378 g/mol. The molecule has 160 valence electrons. The summed E-state index contributed by atoms with van der Waals surface area (Å²) in [6, 6.07) is 4.18. The first-order chi connectivity index (χ1) is 13.8. The van der Waals surface area contributed by atoms with Crippen LogP contribution in [0.15, 0.2) is 18.2 Å². The minimum atomic E-state index is -0.969. The van der Waals surface area contributed by atoms with Gasteiger partial charge in [0.2, 0.25) is 5.91 Å². The first-order valence-corrected chi connectivity index (χ1v) is 10.4. The Morgan fingerprint density at radius 1 is 1.28 bits per heavy atom. The SMILES string of the molecule is CCOC(=O)[C@]12CCCN(C(=O)Cc3cccc(F)c3F)C[C@H]1CN(C(C)C)C2. The summed E-state index contributed by atoms with van der Waals surface area (Å²) in [5.74, 6) is -2.37. The van der Waals surface area contributed by atoms with Crippen molar-refractivity contribution in [3.8, 4) is 0 Å². The Bertz CT molecular complexity index is 770. The van der Waals surface area contributed by atoms with Crippen molar-refractivity contribution in [2.24, 2.45) is 11.3 Å². The van der Waals surface area contributed by atoms with Crippen LogP contribution in [-0.4, -0.2) is 60.5 Å². The van der Waals surface area contributed by atoms with Gasteiger partial charge in [0.1, 0.15) is 0 Å². The third kappa shape index (κ3) is 4.29. The standard InChI is InChI=1S/C22H30F2N2O3/c1-4-29-21(28)22-9-6-10-25(12-17(22)13-26(14-22)15(2)3)19(27)11-16-7-5-8-18(23)20(16)24/h5,7-8,15,17H,4,6,9-14H2,1-3H3/t17-,22-/m0/s1. The molecule has 0 aliphatic carbocycles. The molecular formula is C22H30F2N2O3. The fraction of sp³-hybridized carbons (Fsp3) is 0.636. The number of esters is 1. The van der Waals surface area contributed by atoms with Crippen LogP contribution in [0.25, 0.3) is 0 Å². The number of amides is 1. The molecule has 5 nitrogen and oxygen atoms in total. The number of hydrogen-bond acceptors (Lipinski definition) is 4. The lowest BCUT2D eigenvalue weighted by molar-refractivity contribution is -0.158. The van der Waals surface area contributed by atoms with Crippen LogP contribution in [0, 0.1) is 23.0 Å². The van der Waals surface area contributed by atoms with Crippen LogP contribution in [-0.2, 0) is 20.7 Å². The van der Waals surface area contributed by atoms with E-state index >= 15 is 0 Å². The zero-order valence-electron chi connectivity index (χ0n) is 17.4. The zero-order valence-corrected chi connectivity index (χ0v) is 17.4. The molecule has 2 fully saturated rings. The Labute approximate surface area is 171 Å². The summed E-state index contributed by atoms with van der Waals surface area (Å²) in [5.41, 5.74) is -0.550. The Morgan fingerprint density at radius 2 is 2.03 bits per heavy atom. The smallest absolute Gasteiger partial charge is 0.313 e. The molecule has 2 saturated heterocycles. The molecule has 1 amide bonds. The van der Waals surface area contributed by atoms with Crippen molar-refractivity contribution in [3.05, 3.63) is 35.4 Å². The highest BCUT2D eigenvalue weighted by Crippen LogP contribution is 2.44.